The van der Waals surface area contributed by atoms with Gasteiger partial charge in [0.2, 0.25) is 0 Å². The SMILES string of the molecule is OC/C=C1/CCOc2cc(F)ccc21. The van der Waals surface area contributed by atoms with Gasteiger partial charge in [0, 0.05) is 18.1 Å². The summed E-state index contributed by atoms with van der Waals surface area (Å²) in [5.74, 6) is 0.268. The van der Waals surface area contributed by atoms with Crippen molar-refractivity contribution in [2.75, 3.05) is 13.2 Å². The summed E-state index contributed by atoms with van der Waals surface area (Å²) >= 11 is 0. The second-order valence-corrected chi connectivity index (χ2v) is 3.15. The van der Waals surface area contributed by atoms with Crippen LogP contribution in [0.3, 0.4) is 0 Å². The highest BCUT2D eigenvalue weighted by Gasteiger charge is 2.15. The van der Waals surface area contributed by atoms with Gasteiger partial charge in [0.25, 0.3) is 0 Å². The Hall–Kier alpha value is -1.35. The summed E-state index contributed by atoms with van der Waals surface area (Å²) in [5.41, 5.74) is 1.90. The van der Waals surface area contributed by atoms with Gasteiger partial charge in [-0.05, 0) is 17.7 Å². The standard InChI is InChI=1S/C11H11FO2/c12-9-1-2-10-8(3-5-13)4-6-14-11(10)7-9/h1-3,7,13H,4-6H2/b8-3-. The summed E-state index contributed by atoms with van der Waals surface area (Å²) in [4.78, 5) is 0. The third-order valence-electron chi connectivity index (χ3n) is 2.26. The van der Waals surface area contributed by atoms with Crippen molar-refractivity contribution in [2.45, 2.75) is 6.42 Å². The molecule has 0 aliphatic carbocycles. The smallest absolute Gasteiger partial charge is 0.129 e. The number of hydrogen-bond donors (Lipinski definition) is 1. The molecule has 1 aromatic carbocycles. The van der Waals surface area contributed by atoms with Crippen molar-refractivity contribution < 1.29 is 14.2 Å². The quantitative estimate of drug-likeness (QED) is 0.740. The lowest BCUT2D eigenvalue weighted by Crippen LogP contribution is -2.08. The Morgan fingerprint density at radius 2 is 2.36 bits per heavy atom. The average molecular weight is 194 g/mol. The van der Waals surface area contributed by atoms with E-state index >= 15 is 0 Å². The minimum absolute atomic E-state index is 0.00610. The van der Waals surface area contributed by atoms with Crippen LogP contribution in [0.2, 0.25) is 0 Å². The van der Waals surface area contributed by atoms with Gasteiger partial charge in [-0.1, -0.05) is 6.08 Å². The third kappa shape index (κ3) is 1.63. The first kappa shape index (κ1) is 9.21. The van der Waals surface area contributed by atoms with E-state index in [1.54, 1.807) is 12.1 Å². The number of aliphatic hydroxyl groups is 1. The van der Waals surface area contributed by atoms with Gasteiger partial charge in [0.05, 0.1) is 13.2 Å². The van der Waals surface area contributed by atoms with E-state index < -0.39 is 0 Å². The predicted molar refractivity (Wildman–Crippen MR) is 51.6 cm³/mol. The van der Waals surface area contributed by atoms with Crippen molar-refractivity contribution in [3.63, 3.8) is 0 Å². The van der Waals surface area contributed by atoms with Gasteiger partial charge in [0.15, 0.2) is 0 Å². The molecule has 0 saturated heterocycles. The Morgan fingerprint density at radius 1 is 1.50 bits per heavy atom. The molecule has 0 amide bonds. The van der Waals surface area contributed by atoms with Crippen molar-refractivity contribution in [2.24, 2.45) is 0 Å². The normalized spacial score (nSPS) is 17.7. The minimum Gasteiger partial charge on any atom is -0.493 e. The zero-order valence-electron chi connectivity index (χ0n) is 7.66. The van der Waals surface area contributed by atoms with E-state index in [4.69, 9.17) is 9.84 Å². The average Bonchev–Trinajstić information content (AvgIpc) is 2.18. The van der Waals surface area contributed by atoms with E-state index in [9.17, 15) is 4.39 Å². The number of rotatable bonds is 1. The second kappa shape index (κ2) is 3.80. The van der Waals surface area contributed by atoms with Gasteiger partial charge in [-0.15, -0.1) is 0 Å². The maximum atomic E-state index is 12.9. The Kier molecular flexibility index (Phi) is 2.50. The molecule has 1 aromatic rings. The summed E-state index contributed by atoms with van der Waals surface area (Å²) in [6.45, 7) is 0.550. The van der Waals surface area contributed by atoms with Crippen LogP contribution in [0.4, 0.5) is 4.39 Å². The van der Waals surface area contributed by atoms with Gasteiger partial charge in [-0.3, -0.25) is 0 Å². The zero-order chi connectivity index (χ0) is 9.97. The van der Waals surface area contributed by atoms with Gasteiger partial charge in [-0.2, -0.15) is 0 Å². The minimum atomic E-state index is -0.297. The highest BCUT2D eigenvalue weighted by Crippen LogP contribution is 2.32. The fourth-order valence-electron chi connectivity index (χ4n) is 1.61. The fraction of sp³-hybridized carbons (Fsp3) is 0.273. The van der Waals surface area contributed by atoms with E-state index in [-0.39, 0.29) is 12.4 Å². The van der Waals surface area contributed by atoms with Crippen LogP contribution >= 0.6 is 0 Å². The molecule has 2 rings (SSSR count). The zero-order valence-corrected chi connectivity index (χ0v) is 7.66. The lowest BCUT2D eigenvalue weighted by Gasteiger charge is -2.19. The molecule has 2 nitrogen and oxygen atoms in total. The van der Waals surface area contributed by atoms with Crippen molar-refractivity contribution in [1.82, 2.24) is 0 Å². The summed E-state index contributed by atoms with van der Waals surface area (Å²) in [7, 11) is 0. The van der Waals surface area contributed by atoms with Crippen molar-refractivity contribution >= 4 is 5.57 Å². The lowest BCUT2D eigenvalue weighted by atomic mass is 9.99. The second-order valence-electron chi connectivity index (χ2n) is 3.15. The molecule has 0 unspecified atom stereocenters. The maximum absolute atomic E-state index is 12.9. The van der Waals surface area contributed by atoms with Crippen LogP contribution < -0.4 is 4.74 Å². The summed E-state index contributed by atoms with van der Waals surface area (Å²) in [5, 5.41) is 8.81. The molecule has 1 heterocycles. The molecular weight excluding hydrogens is 183 g/mol. The van der Waals surface area contributed by atoms with Crippen LogP contribution in [0.5, 0.6) is 5.75 Å². The number of hydrogen-bond acceptors (Lipinski definition) is 2. The fourth-order valence-corrected chi connectivity index (χ4v) is 1.61. The first-order valence-electron chi connectivity index (χ1n) is 4.54. The van der Waals surface area contributed by atoms with E-state index in [1.165, 1.54) is 12.1 Å². The molecule has 0 fully saturated rings. The van der Waals surface area contributed by atoms with Crippen LogP contribution in [0.25, 0.3) is 5.57 Å². The molecule has 1 aliphatic heterocycles. The molecule has 1 aliphatic rings. The van der Waals surface area contributed by atoms with Crippen LogP contribution in [0.15, 0.2) is 24.3 Å². The Morgan fingerprint density at radius 3 is 3.14 bits per heavy atom. The molecular formula is C11H11FO2. The molecule has 0 spiro atoms. The number of ether oxygens (including phenoxy) is 1. The monoisotopic (exact) mass is 194 g/mol. The van der Waals surface area contributed by atoms with E-state index in [2.05, 4.69) is 0 Å². The number of aliphatic hydroxyl groups excluding tert-OH is 1. The number of benzene rings is 1. The van der Waals surface area contributed by atoms with Crippen LogP contribution in [0.1, 0.15) is 12.0 Å². The molecule has 1 N–H and O–H groups in total. The van der Waals surface area contributed by atoms with Gasteiger partial charge in [-0.25, -0.2) is 4.39 Å². The molecule has 14 heavy (non-hydrogen) atoms. The van der Waals surface area contributed by atoms with Crippen LogP contribution in [-0.2, 0) is 0 Å². The van der Waals surface area contributed by atoms with Crippen molar-refractivity contribution in [3.05, 3.63) is 35.7 Å². The highest BCUT2D eigenvalue weighted by atomic mass is 19.1. The Labute approximate surface area is 81.6 Å². The largest absolute Gasteiger partial charge is 0.493 e. The van der Waals surface area contributed by atoms with Crippen LogP contribution in [-0.4, -0.2) is 18.3 Å². The summed E-state index contributed by atoms with van der Waals surface area (Å²) in [6.07, 6.45) is 2.50. The molecule has 0 bridgehead atoms. The molecule has 74 valence electrons. The van der Waals surface area contributed by atoms with Gasteiger partial charge in [0.1, 0.15) is 11.6 Å². The van der Waals surface area contributed by atoms with E-state index in [1.807, 2.05) is 0 Å². The van der Waals surface area contributed by atoms with Crippen molar-refractivity contribution in [3.8, 4) is 5.75 Å². The van der Waals surface area contributed by atoms with Crippen molar-refractivity contribution in [1.29, 1.82) is 0 Å². The number of halogens is 1. The lowest BCUT2D eigenvalue weighted by molar-refractivity contribution is 0.312. The third-order valence-corrected chi connectivity index (χ3v) is 2.26. The van der Waals surface area contributed by atoms with E-state index in [0.29, 0.717) is 12.4 Å². The molecule has 0 radical (unpaired) electrons. The molecule has 0 aromatic heterocycles. The maximum Gasteiger partial charge on any atom is 0.129 e. The Balaban J connectivity index is 2.45. The summed E-state index contributed by atoms with van der Waals surface area (Å²) < 4.78 is 18.2. The first-order chi connectivity index (χ1) is 6.81. The van der Waals surface area contributed by atoms with Gasteiger partial charge < -0.3 is 9.84 Å². The first-order valence-corrected chi connectivity index (χ1v) is 4.54. The summed E-state index contributed by atoms with van der Waals surface area (Å²) in [6, 6.07) is 4.46. The number of fused-ring (bicyclic) bond motifs is 1. The molecule has 3 heteroatoms. The topological polar surface area (TPSA) is 29.5 Å². The molecule has 0 atom stereocenters. The Bertz CT molecular complexity index is 372. The van der Waals surface area contributed by atoms with E-state index in [0.717, 1.165) is 17.6 Å². The molecule has 0 saturated carbocycles. The van der Waals surface area contributed by atoms with Gasteiger partial charge >= 0.3 is 0 Å². The predicted octanol–water partition coefficient (Wildman–Crippen LogP) is 1.98. The highest BCUT2D eigenvalue weighted by molar-refractivity contribution is 5.72. The van der Waals surface area contributed by atoms with Crippen LogP contribution in [0, 0.1) is 5.82 Å².